The van der Waals surface area contributed by atoms with E-state index in [4.69, 9.17) is 0 Å². The summed E-state index contributed by atoms with van der Waals surface area (Å²) in [5.41, 5.74) is 0. The molecule has 0 heterocycles. The highest BCUT2D eigenvalue weighted by Crippen LogP contribution is 1.80. The summed E-state index contributed by atoms with van der Waals surface area (Å²) < 4.78 is 0. The Kier molecular flexibility index (Phi) is 7.85. The van der Waals surface area contributed by atoms with E-state index in [0.29, 0.717) is 0 Å². The van der Waals surface area contributed by atoms with Crippen molar-refractivity contribution in [2.75, 3.05) is 26.7 Å². The Labute approximate surface area is 58.0 Å². The lowest BCUT2D eigenvalue weighted by atomic mass is 10.3. The molecule has 2 N–H and O–H groups in total. The average molecular weight is 130 g/mol. The minimum atomic E-state index is 1.07. The lowest BCUT2D eigenvalue weighted by molar-refractivity contribution is 0.619. The molecule has 0 aromatic carbocycles. The van der Waals surface area contributed by atoms with Gasteiger partial charge in [0.2, 0.25) is 0 Å². The summed E-state index contributed by atoms with van der Waals surface area (Å²) in [6, 6.07) is 0. The highest BCUT2D eigenvalue weighted by Gasteiger charge is 1.82. The van der Waals surface area contributed by atoms with Gasteiger partial charge in [-0.05, 0) is 20.0 Å². The van der Waals surface area contributed by atoms with Crippen LogP contribution in [0.3, 0.4) is 0 Å². The van der Waals surface area contributed by atoms with Crippen LogP contribution in [0.15, 0.2) is 0 Å². The van der Waals surface area contributed by atoms with E-state index in [1.165, 1.54) is 12.8 Å². The molecule has 0 saturated heterocycles. The fourth-order valence-electron chi connectivity index (χ4n) is 0.640. The van der Waals surface area contributed by atoms with Crippen molar-refractivity contribution in [1.82, 2.24) is 10.6 Å². The molecular weight excluding hydrogens is 112 g/mol. The van der Waals surface area contributed by atoms with Gasteiger partial charge in [0.05, 0.1) is 0 Å². The van der Waals surface area contributed by atoms with Crippen molar-refractivity contribution >= 4 is 0 Å². The maximum absolute atomic E-state index is 3.32. The van der Waals surface area contributed by atoms with Gasteiger partial charge in [-0.2, -0.15) is 0 Å². The van der Waals surface area contributed by atoms with E-state index in [9.17, 15) is 0 Å². The lowest BCUT2D eigenvalue weighted by Crippen LogP contribution is -2.25. The molecule has 0 atom stereocenters. The molecule has 0 unspecified atom stereocenters. The Morgan fingerprint density at radius 2 is 1.89 bits per heavy atom. The Hall–Kier alpha value is -0.0800. The van der Waals surface area contributed by atoms with Crippen molar-refractivity contribution in [3.8, 4) is 0 Å². The van der Waals surface area contributed by atoms with Gasteiger partial charge in [0.25, 0.3) is 0 Å². The van der Waals surface area contributed by atoms with Gasteiger partial charge in [-0.1, -0.05) is 13.3 Å². The second kappa shape index (κ2) is 7.92. The van der Waals surface area contributed by atoms with E-state index in [0.717, 1.165) is 19.6 Å². The van der Waals surface area contributed by atoms with Gasteiger partial charge in [0, 0.05) is 13.1 Å². The van der Waals surface area contributed by atoms with E-state index < -0.39 is 0 Å². The summed E-state index contributed by atoms with van der Waals surface area (Å²) in [5.74, 6) is 0. The molecule has 0 aliphatic heterocycles. The molecule has 0 fully saturated rings. The standard InChI is InChI=1S/C7H18N2/c1-3-4-5-9-7-6-8-2/h8-9H,3-7H2,1-2H3. The van der Waals surface area contributed by atoms with Gasteiger partial charge >= 0.3 is 0 Å². The molecule has 56 valence electrons. The quantitative estimate of drug-likeness (QED) is 0.514. The van der Waals surface area contributed by atoms with E-state index >= 15 is 0 Å². The molecule has 0 radical (unpaired) electrons. The first kappa shape index (κ1) is 8.92. The fraction of sp³-hybridized carbons (Fsp3) is 1.00. The molecule has 0 rings (SSSR count). The fourth-order valence-corrected chi connectivity index (χ4v) is 0.640. The van der Waals surface area contributed by atoms with Gasteiger partial charge in [-0.15, -0.1) is 0 Å². The highest BCUT2D eigenvalue weighted by molar-refractivity contribution is 4.47. The van der Waals surface area contributed by atoms with Gasteiger partial charge in [0.1, 0.15) is 0 Å². The molecule has 0 aliphatic rings. The Morgan fingerprint density at radius 1 is 1.11 bits per heavy atom. The van der Waals surface area contributed by atoms with Crippen LogP contribution < -0.4 is 10.6 Å². The zero-order chi connectivity index (χ0) is 6.95. The topological polar surface area (TPSA) is 24.1 Å². The smallest absolute Gasteiger partial charge is 0.00766 e. The van der Waals surface area contributed by atoms with Crippen LogP contribution in [0, 0.1) is 0 Å². The number of nitrogens with one attached hydrogen (secondary N) is 2. The van der Waals surface area contributed by atoms with Crippen LogP contribution in [0.5, 0.6) is 0 Å². The number of rotatable bonds is 6. The molecule has 0 amide bonds. The van der Waals surface area contributed by atoms with E-state index in [2.05, 4.69) is 17.6 Å². The summed E-state index contributed by atoms with van der Waals surface area (Å²) in [6.07, 6.45) is 2.58. The van der Waals surface area contributed by atoms with Crippen LogP contribution in [-0.4, -0.2) is 26.7 Å². The molecule has 2 nitrogen and oxygen atoms in total. The van der Waals surface area contributed by atoms with Crippen LogP contribution in [-0.2, 0) is 0 Å². The maximum atomic E-state index is 3.32. The molecule has 2 heteroatoms. The van der Waals surface area contributed by atoms with E-state index in [1.807, 2.05) is 7.05 Å². The molecule has 0 bridgehead atoms. The first-order valence-corrected chi connectivity index (χ1v) is 3.77. The predicted molar refractivity (Wildman–Crippen MR) is 41.7 cm³/mol. The number of hydrogen-bond acceptors (Lipinski definition) is 2. The third-order valence-corrected chi connectivity index (χ3v) is 1.26. The molecule has 0 aliphatic carbocycles. The second-order valence-corrected chi connectivity index (χ2v) is 2.21. The summed E-state index contributed by atoms with van der Waals surface area (Å²) in [4.78, 5) is 0. The largest absolute Gasteiger partial charge is 0.318 e. The van der Waals surface area contributed by atoms with E-state index in [1.54, 1.807) is 0 Å². The Balaban J connectivity index is 2.60. The summed E-state index contributed by atoms with van der Waals surface area (Å²) in [5, 5.41) is 6.41. The average Bonchev–Trinajstić information content (AvgIpc) is 1.89. The maximum Gasteiger partial charge on any atom is 0.00766 e. The van der Waals surface area contributed by atoms with Gasteiger partial charge < -0.3 is 10.6 Å². The van der Waals surface area contributed by atoms with Crippen molar-refractivity contribution in [2.45, 2.75) is 19.8 Å². The number of unbranched alkanes of at least 4 members (excludes halogenated alkanes) is 1. The van der Waals surface area contributed by atoms with Gasteiger partial charge in [-0.25, -0.2) is 0 Å². The van der Waals surface area contributed by atoms with Crippen molar-refractivity contribution in [3.05, 3.63) is 0 Å². The van der Waals surface area contributed by atoms with E-state index in [-0.39, 0.29) is 0 Å². The summed E-state index contributed by atoms with van der Waals surface area (Å²) in [6.45, 7) is 5.54. The van der Waals surface area contributed by atoms with Gasteiger partial charge in [0.15, 0.2) is 0 Å². The number of hydrogen-bond donors (Lipinski definition) is 2. The monoisotopic (exact) mass is 130 g/mol. The predicted octanol–water partition coefficient (Wildman–Crippen LogP) is 0.596. The summed E-state index contributed by atoms with van der Waals surface area (Å²) in [7, 11) is 1.97. The zero-order valence-corrected chi connectivity index (χ0v) is 6.54. The minimum Gasteiger partial charge on any atom is -0.318 e. The molecular formula is C7H18N2. The highest BCUT2D eigenvalue weighted by atomic mass is 14.9. The zero-order valence-electron chi connectivity index (χ0n) is 6.54. The third kappa shape index (κ3) is 7.92. The van der Waals surface area contributed by atoms with Crippen molar-refractivity contribution < 1.29 is 0 Å². The molecule has 0 saturated carbocycles. The first-order valence-electron chi connectivity index (χ1n) is 3.77. The molecule has 0 spiro atoms. The van der Waals surface area contributed by atoms with Crippen LogP contribution in [0.2, 0.25) is 0 Å². The van der Waals surface area contributed by atoms with Gasteiger partial charge in [-0.3, -0.25) is 0 Å². The Morgan fingerprint density at radius 3 is 2.44 bits per heavy atom. The second-order valence-electron chi connectivity index (χ2n) is 2.21. The SMILES string of the molecule is CCCCNCCNC. The third-order valence-electron chi connectivity index (χ3n) is 1.26. The van der Waals surface area contributed by atoms with Crippen molar-refractivity contribution in [2.24, 2.45) is 0 Å². The summed E-state index contributed by atoms with van der Waals surface area (Å²) >= 11 is 0. The van der Waals surface area contributed by atoms with Crippen molar-refractivity contribution in [1.29, 1.82) is 0 Å². The lowest BCUT2D eigenvalue weighted by Gasteiger charge is -2.00. The van der Waals surface area contributed by atoms with Crippen LogP contribution >= 0.6 is 0 Å². The number of likely N-dealkylation sites (N-methyl/N-ethyl adjacent to an activating group) is 1. The minimum absolute atomic E-state index is 1.07. The van der Waals surface area contributed by atoms with Crippen LogP contribution in [0.25, 0.3) is 0 Å². The first-order chi connectivity index (χ1) is 4.41. The normalized spacial score (nSPS) is 10.0. The molecule has 9 heavy (non-hydrogen) atoms. The molecule has 0 aromatic rings. The van der Waals surface area contributed by atoms with Crippen LogP contribution in [0.4, 0.5) is 0 Å². The van der Waals surface area contributed by atoms with Crippen LogP contribution in [0.1, 0.15) is 19.8 Å². The Bertz CT molecular complexity index is 40.2. The molecule has 0 aromatic heterocycles. The van der Waals surface area contributed by atoms with Crippen molar-refractivity contribution in [3.63, 3.8) is 0 Å².